The summed E-state index contributed by atoms with van der Waals surface area (Å²) in [5.41, 5.74) is 2.81. The second kappa shape index (κ2) is 10.8. The fourth-order valence-electron chi connectivity index (χ4n) is 4.90. The summed E-state index contributed by atoms with van der Waals surface area (Å²) < 4.78 is 14.4. The number of benzene rings is 1. The molecule has 0 aliphatic carbocycles. The molecule has 3 N–H and O–H groups in total. The summed E-state index contributed by atoms with van der Waals surface area (Å²) in [4.78, 5) is 15.9. The first-order chi connectivity index (χ1) is 17.9. The van der Waals surface area contributed by atoms with Crippen LogP contribution in [-0.4, -0.2) is 67.5 Å². The van der Waals surface area contributed by atoms with Crippen LogP contribution in [0.5, 0.6) is 0 Å². The van der Waals surface area contributed by atoms with Gasteiger partial charge in [-0.25, -0.2) is 15.0 Å². The molecule has 4 heterocycles. The van der Waals surface area contributed by atoms with Gasteiger partial charge < -0.3 is 20.1 Å². The predicted molar refractivity (Wildman–Crippen MR) is 152 cm³/mol. The van der Waals surface area contributed by atoms with Gasteiger partial charge in [-0.2, -0.15) is 0 Å². The Kier molecular flexibility index (Phi) is 7.52. The molecule has 3 aromatic rings. The zero-order valence-electron chi connectivity index (χ0n) is 21.2. The Bertz CT molecular complexity index is 1340. The fraction of sp³-hybridized carbons (Fsp3) is 0.385. The predicted octanol–water partition coefficient (Wildman–Crippen LogP) is 4.23. The van der Waals surface area contributed by atoms with E-state index < -0.39 is 11.4 Å². The molecule has 0 saturated carbocycles. The van der Waals surface area contributed by atoms with E-state index in [0.717, 1.165) is 48.3 Å². The van der Waals surface area contributed by atoms with Gasteiger partial charge in [-0.1, -0.05) is 31.5 Å². The van der Waals surface area contributed by atoms with E-state index in [0.29, 0.717) is 35.0 Å². The third-order valence-corrected chi connectivity index (χ3v) is 8.63. The summed E-state index contributed by atoms with van der Waals surface area (Å²) in [5, 5.41) is 16.1. The van der Waals surface area contributed by atoms with E-state index >= 15 is 0 Å². The van der Waals surface area contributed by atoms with E-state index in [4.69, 9.17) is 22.0 Å². The number of rotatable bonds is 8. The minimum Gasteiger partial charge on any atom is -0.598 e. The normalized spacial score (nSPS) is 18.9. The van der Waals surface area contributed by atoms with Crippen LogP contribution in [0.2, 0.25) is 0 Å². The van der Waals surface area contributed by atoms with Gasteiger partial charge in [0.1, 0.15) is 22.6 Å². The maximum Gasteiger partial charge on any atom is 0.166 e. The van der Waals surface area contributed by atoms with Gasteiger partial charge in [0, 0.05) is 74.1 Å². The van der Waals surface area contributed by atoms with Crippen molar-refractivity contribution < 1.29 is 4.55 Å². The second-order valence-corrected chi connectivity index (χ2v) is 11.5. The van der Waals surface area contributed by atoms with Gasteiger partial charge in [-0.15, -0.1) is 4.31 Å². The van der Waals surface area contributed by atoms with E-state index in [1.54, 1.807) is 25.5 Å². The molecular formula is C26H31ClN8OS. The lowest BCUT2D eigenvalue weighted by atomic mass is 9.94. The Morgan fingerprint density at radius 1 is 1.22 bits per heavy atom. The number of pyridine rings is 1. The van der Waals surface area contributed by atoms with Crippen molar-refractivity contribution in [2.24, 2.45) is 0 Å². The molecule has 0 amide bonds. The molecule has 11 heteroatoms. The molecule has 2 aliphatic rings. The summed E-state index contributed by atoms with van der Waals surface area (Å²) in [6.45, 7) is 7.07. The fourth-order valence-corrected chi connectivity index (χ4v) is 6.45. The highest BCUT2D eigenvalue weighted by atomic mass is 35.5. The average Bonchev–Trinajstić information content (AvgIpc) is 3.26. The first-order valence-electron chi connectivity index (χ1n) is 12.4. The highest BCUT2D eigenvalue weighted by molar-refractivity contribution is 7.89. The van der Waals surface area contributed by atoms with Crippen LogP contribution in [0.3, 0.4) is 0 Å². The molecule has 37 heavy (non-hydrogen) atoms. The Hall–Kier alpha value is -2.92. The van der Waals surface area contributed by atoms with Gasteiger partial charge in [0.25, 0.3) is 0 Å². The lowest BCUT2D eigenvalue weighted by molar-refractivity contribution is 0.289. The van der Waals surface area contributed by atoms with Crippen LogP contribution < -0.4 is 15.5 Å². The second-order valence-electron chi connectivity index (χ2n) is 9.57. The monoisotopic (exact) mass is 538 g/mol. The van der Waals surface area contributed by atoms with Gasteiger partial charge in [-0.3, -0.25) is 5.41 Å². The summed E-state index contributed by atoms with van der Waals surface area (Å²) in [5.74, 6) is 2.71. The molecule has 2 aromatic heterocycles. The van der Waals surface area contributed by atoms with Gasteiger partial charge in [0.2, 0.25) is 0 Å². The standard InChI is InChI=1S/C26H31ClN8OS/c1-16(2)18-5-6-22(34-14-17(15-34)35-9-4-10-37(35)36)20-13-31-24(11-19(18)20)32-23-7-8-30-26(33-23)21(12-29-3)25(27)28/h5-8,11-13,16-17,28-29H,4,9-10,14-15H2,1-3H3,(H,30,31,32,33)/b21-12+,28-25?. The van der Waals surface area contributed by atoms with Crippen LogP contribution >= 0.6 is 11.6 Å². The van der Waals surface area contributed by atoms with Crippen LogP contribution in [0.1, 0.15) is 37.6 Å². The Morgan fingerprint density at radius 3 is 2.70 bits per heavy atom. The highest BCUT2D eigenvalue weighted by Crippen LogP contribution is 2.37. The molecule has 0 radical (unpaired) electrons. The van der Waals surface area contributed by atoms with Crippen LogP contribution in [0, 0.1) is 5.41 Å². The molecule has 1 unspecified atom stereocenters. The summed E-state index contributed by atoms with van der Waals surface area (Å²) in [6, 6.07) is 8.57. The smallest absolute Gasteiger partial charge is 0.166 e. The van der Waals surface area contributed by atoms with Crippen LogP contribution in [0.4, 0.5) is 17.3 Å². The SMILES string of the molecule is CN/C=C(\C(=N)Cl)c1nccc(Nc2cc3c(C(C)C)ccc(N4CC(N5CCC[S+]5[O-])C4)c3cn2)n1. The lowest BCUT2D eigenvalue weighted by Gasteiger charge is -2.44. The molecule has 2 fully saturated rings. The lowest BCUT2D eigenvalue weighted by Crippen LogP contribution is -2.59. The van der Waals surface area contributed by atoms with E-state index in [1.165, 1.54) is 5.56 Å². The van der Waals surface area contributed by atoms with E-state index in [2.05, 4.69) is 61.9 Å². The molecule has 5 rings (SSSR count). The van der Waals surface area contributed by atoms with Crippen LogP contribution in [-0.2, 0) is 11.4 Å². The number of fused-ring (bicyclic) bond motifs is 1. The van der Waals surface area contributed by atoms with Gasteiger partial charge in [0.05, 0.1) is 11.6 Å². The van der Waals surface area contributed by atoms with E-state index in [-0.39, 0.29) is 5.17 Å². The molecular weight excluding hydrogens is 508 g/mol. The van der Waals surface area contributed by atoms with Gasteiger partial charge in [0.15, 0.2) is 5.82 Å². The largest absolute Gasteiger partial charge is 0.598 e. The van der Waals surface area contributed by atoms with Crippen molar-refractivity contribution >= 4 is 61.8 Å². The Balaban J connectivity index is 1.42. The molecule has 2 aliphatic heterocycles. The van der Waals surface area contributed by atoms with E-state index in [1.807, 2.05) is 6.20 Å². The van der Waals surface area contributed by atoms with Crippen molar-refractivity contribution in [2.45, 2.75) is 32.2 Å². The Labute approximate surface area is 225 Å². The van der Waals surface area contributed by atoms with Crippen molar-refractivity contribution in [1.82, 2.24) is 24.6 Å². The van der Waals surface area contributed by atoms with Crippen LogP contribution in [0.25, 0.3) is 16.3 Å². The maximum atomic E-state index is 12.3. The number of aromatic nitrogens is 3. The van der Waals surface area contributed by atoms with Gasteiger partial charge >= 0.3 is 0 Å². The first-order valence-corrected chi connectivity index (χ1v) is 14.1. The van der Waals surface area contributed by atoms with Crippen LogP contribution in [0.15, 0.2) is 42.9 Å². The molecule has 2 saturated heterocycles. The van der Waals surface area contributed by atoms with E-state index in [9.17, 15) is 4.55 Å². The number of hydrogen-bond acceptors (Lipinski definition) is 9. The number of hydrogen-bond donors (Lipinski definition) is 3. The summed E-state index contributed by atoms with van der Waals surface area (Å²) in [7, 11) is 1.73. The molecule has 0 spiro atoms. The quantitative estimate of drug-likeness (QED) is 0.288. The highest BCUT2D eigenvalue weighted by Gasteiger charge is 2.41. The number of allylic oxidation sites excluding steroid dienone is 1. The van der Waals surface area contributed by atoms with Crippen molar-refractivity contribution in [1.29, 1.82) is 5.41 Å². The zero-order valence-corrected chi connectivity index (χ0v) is 22.7. The molecule has 194 valence electrons. The number of anilines is 3. The molecule has 1 aromatic carbocycles. The zero-order chi connectivity index (χ0) is 26.1. The molecule has 1 atom stereocenters. The first kappa shape index (κ1) is 25.7. The minimum absolute atomic E-state index is 0.145. The summed E-state index contributed by atoms with van der Waals surface area (Å²) in [6.07, 6.45) is 6.16. The number of nitrogens with one attached hydrogen (secondary N) is 3. The van der Waals surface area contributed by atoms with Crippen molar-refractivity contribution in [3.63, 3.8) is 0 Å². The van der Waals surface area contributed by atoms with Gasteiger partial charge in [-0.05, 0) is 35.1 Å². The molecule has 0 bridgehead atoms. The number of halogens is 1. The topological polar surface area (TPSA) is 116 Å². The summed E-state index contributed by atoms with van der Waals surface area (Å²) >= 11 is 5.10. The average molecular weight is 539 g/mol. The van der Waals surface area contributed by atoms with Crippen molar-refractivity contribution in [3.8, 4) is 0 Å². The third kappa shape index (κ3) is 5.24. The van der Waals surface area contributed by atoms with Crippen molar-refractivity contribution in [2.75, 3.05) is 42.7 Å². The number of nitrogens with zero attached hydrogens (tertiary/aromatic N) is 5. The maximum absolute atomic E-state index is 12.3. The van der Waals surface area contributed by atoms with Crippen molar-refractivity contribution in [3.05, 3.63) is 54.2 Å². The Morgan fingerprint density at radius 2 is 2.03 bits per heavy atom. The minimum atomic E-state index is -0.830. The third-order valence-electron chi connectivity index (χ3n) is 6.78. The molecule has 9 nitrogen and oxygen atoms in total.